The van der Waals surface area contributed by atoms with Crippen molar-refractivity contribution in [2.75, 3.05) is 18.5 Å². The van der Waals surface area contributed by atoms with Crippen LogP contribution in [0.2, 0.25) is 0 Å². The lowest BCUT2D eigenvalue weighted by Gasteiger charge is -2.32. The van der Waals surface area contributed by atoms with Crippen LogP contribution in [-0.4, -0.2) is 63.5 Å². The zero-order chi connectivity index (χ0) is 34.7. The normalized spacial score (nSPS) is 16.9. The number of carbonyl (C=O) groups excluding carboxylic acids is 4. The van der Waals surface area contributed by atoms with E-state index in [1.807, 2.05) is 31.2 Å². The molecule has 13 heteroatoms. The molecule has 5 rings (SSSR count). The molecular formula is C35H38N4O8S. The largest absolute Gasteiger partial charge is 0.467 e. The minimum absolute atomic E-state index is 0.0191. The number of anilines is 1. The summed E-state index contributed by atoms with van der Waals surface area (Å²) in [5.41, 5.74) is 3.62. The van der Waals surface area contributed by atoms with Crippen molar-refractivity contribution in [1.29, 1.82) is 0 Å². The number of amides is 2. The van der Waals surface area contributed by atoms with E-state index in [1.54, 1.807) is 48.5 Å². The molecule has 252 valence electrons. The predicted molar refractivity (Wildman–Crippen MR) is 179 cm³/mol. The Balaban J connectivity index is 1.79. The van der Waals surface area contributed by atoms with E-state index < -0.39 is 57.8 Å². The van der Waals surface area contributed by atoms with Gasteiger partial charge in [-0.3, -0.25) is 13.9 Å². The number of nitrogens with one attached hydrogen (secondary N) is 3. The van der Waals surface area contributed by atoms with Gasteiger partial charge in [-0.05, 0) is 48.7 Å². The molecule has 1 aliphatic rings. The SMILES string of the molecule is COC(=O)[C@H](Cc1c([C@@H]2[C@H](C[C@H](NC(C)=O)C(=O)OC)c3ccccc3N2S(=O)(=O)c2ccc(C)cc2)[nH]c2ccccc12)NC(C)=O. The van der Waals surface area contributed by atoms with Crippen molar-refractivity contribution in [2.45, 2.75) is 62.6 Å². The van der Waals surface area contributed by atoms with E-state index in [0.717, 1.165) is 5.56 Å². The highest BCUT2D eigenvalue weighted by atomic mass is 32.2. The Kier molecular flexibility index (Phi) is 9.90. The molecule has 0 spiro atoms. The van der Waals surface area contributed by atoms with Gasteiger partial charge in [0.05, 0.1) is 30.8 Å². The van der Waals surface area contributed by atoms with Crippen LogP contribution in [0, 0.1) is 6.92 Å². The molecule has 0 bridgehead atoms. The number of carbonyl (C=O) groups is 4. The highest BCUT2D eigenvalue weighted by Gasteiger charge is 2.49. The minimum Gasteiger partial charge on any atom is -0.467 e. The number of ether oxygens (including phenoxy) is 2. The van der Waals surface area contributed by atoms with Gasteiger partial charge in [-0.25, -0.2) is 18.0 Å². The molecular weight excluding hydrogens is 636 g/mol. The first-order chi connectivity index (χ1) is 22.9. The van der Waals surface area contributed by atoms with E-state index in [4.69, 9.17) is 9.47 Å². The van der Waals surface area contributed by atoms with Crippen LogP contribution in [0.25, 0.3) is 10.9 Å². The fourth-order valence-corrected chi connectivity index (χ4v) is 8.18. The van der Waals surface area contributed by atoms with Gasteiger partial charge in [-0.15, -0.1) is 0 Å². The first kappa shape index (κ1) is 34.2. The Morgan fingerprint density at radius 1 is 0.833 bits per heavy atom. The van der Waals surface area contributed by atoms with Gasteiger partial charge in [0.1, 0.15) is 12.1 Å². The number of aromatic amines is 1. The number of sulfonamides is 1. The van der Waals surface area contributed by atoms with E-state index in [-0.39, 0.29) is 17.7 Å². The van der Waals surface area contributed by atoms with Gasteiger partial charge in [0.25, 0.3) is 10.0 Å². The number of aromatic nitrogens is 1. The zero-order valence-electron chi connectivity index (χ0n) is 27.3. The summed E-state index contributed by atoms with van der Waals surface area (Å²) in [6, 6.07) is 17.7. The number of hydrogen-bond acceptors (Lipinski definition) is 8. The van der Waals surface area contributed by atoms with Gasteiger partial charge in [0.2, 0.25) is 11.8 Å². The highest BCUT2D eigenvalue weighted by molar-refractivity contribution is 7.92. The maximum absolute atomic E-state index is 14.8. The van der Waals surface area contributed by atoms with Crippen molar-refractivity contribution in [1.82, 2.24) is 15.6 Å². The summed E-state index contributed by atoms with van der Waals surface area (Å²) in [5.74, 6) is -2.96. The minimum atomic E-state index is -4.26. The molecule has 0 unspecified atom stereocenters. The molecule has 3 N–H and O–H groups in total. The number of benzene rings is 3. The summed E-state index contributed by atoms with van der Waals surface area (Å²) in [5, 5.41) is 6.04. The molecule has 0 saturated carbocycles. The van der Waals surface area contributed by atoms with Crippen LogP contribution >= 0.6 is 0 Å². The molecule has 0 saturated heterocycles. The monoisotopic (exact) mass is 674 g/mol. The number of nitrogens with zero attached hydrogens (tertiary/aromatic N) is 1. The lowest BCUT2D eigenvalue weighted by molar-refractivity contribution is -0.145. The Morgan fingerprint density at radius 3 is 2.06 bits per heavy atom. The summed E-state index contributed by atoms with van der Waals surface area (Å²) in [6.07, 6.45) is -0.0511. The molecule has 1 aromatic heterocycles. The van der Waals surface area contributed by atoms with Crippen LogP contribution in [0.5, 0.6) is 0 Å². The highest BCUT2D eigenvalue weighted by Crippen LogP contribution is 2.54. The number of fused-ring (bicyclic) bond motifs is 2. The summed E-state index contributed by atoms with van der Waals surface area (Å²) in [7, 11) is -1.82. The molecule has 0 radical (unpaired) electrons. The van der Waals surface area contributed by atoms with E-state index in [1.165, 1.54) is 32.4 Å². The van der Waals surface area contributed by atoms with Gasteiger partial charge in [-0.1, -0.05) is 54.1 Å². The van der Waals surface area contributed by atoms with Crippen molar-refractivity contribution in [3.63, 3.8) is 0 Å². The third kappa shape index (κ3) is 6.63. The number of para-hydroxylation sites is 2. The van der Waals surface area contributed by atoms with Gasteiger partial charge < -0.3 is 25.1 Å². The fourth-order valence-electron chi connectivity index (χ4n) is 6.50. The lowest BCUT2D eigenvalue weighted by atomic mass is 9.85. The molecule has 4 atom stereocenters. The first-order valence-electron chi connectivity index (χ1n) is 15.4. The van der Waals surface area contributed by atoms with Crippen LogP contribution < -0.4 is 14.9 Å². The van der Waals surface area contributed by atoms with Crippen LogP contribution in [0.4, 0.5) is 5.69 Å². The predicted octanol–water partition coefficient (Wildman–Crippen LogP) is 3.80. The number of rotatable bonds is 11. The van der Waals surface area contributed by atoms with Crippen LogP contribution in [0.3, 0.4) is 0 Å². The average Bonchev–Trinajstić information content (AvgIpc) is 3.58. The molecule has 2 amide bonds. The fraction of sp³-hybridized carbons (Fsp3) is 0.314. The van der Waals surface area contributed by atoms with Crippen molar-refractivity contribution < 1.29 is 37.1 Å². The summed E-state index contributed by atoms with van der Waals surface area (Å²) < 4.78 is 40.9. The van der Waals surface area contributed by atoms with E-state index in [9.17, 15) is 27.6 Å². The zero-order valence-corrected chi connectivity index (χ0v) is 28.1. The molecule has 3 aromatic carbocycles. The molecule has 4 aromatic rings. The molecule has 48 heavy (non-hydrogen) atoms. The number of aryl methyl sites for hydroxylation is 1. The maximum atomic E-state index is 14.8. The second kappa shape index (κ2) is 13.9. The standard InChI is InChI=1S/C35H38N4O8S/c1-20-14-16-23(17-15-20)48(44,45)39-31-13-9-7-11-25(31)27(19-30(35(43)47-5)37-22(3)41)33(39)32-26(24-10-6-8-12-28(24)38-32)18-29(34(42)46-4)36-21(2)40/h6-17,27,29-30,33,38H,18-19H2,1-5H3,(H,36,40)(H,37,41)/t27-,29+,30+,33+/m1/s1. The number of methoxy groups -OCH3 is 2. The number of H-pyrrole nitrogens is 1. The van der Waals surface area contributed by atoms with Gasteiger partial charge >= 0.3 is 11.9 Å². The van der Waals surface area contributed by atoms with Crippen molar-refractivity contribution >= 4 is 50.4 Å². The smallest absolute Gasteiger partial charge is 0.328 e. The van der Waals surface area contributed by atoms with E-state index >= 15 is 0 Å². The van der Waals surface area contributed by atoms with Crippen molar-refractivity contribution in [2.24, 2.45) is 0 Å². The van der Waals surface area contributed by atoms with Crippen LogP contribution in [-0.2, 0) is 45.1 Å². The Hall–Kier alpha value is -5.17. The van der Waals surface area contributed by atoms with Gasteiger partial charge in [-0.2, -0.15) is 0 Å². The topological polar surface area (TPSA) is 164 Å². The Morgan fingerprint density at radius 2 is 1.42 bits per heavy atom. The second-order valence-electron chi connectivity index (χ2n) is 11.8. The third-order valence-corrected chi connectivity index (χ3v) is 10.4. The molecule has 1 aliphatic heterocycles. The van der Waals surface area contributed by atoms with Gasteiger partial charge in [0, 0.05) is 42.8 Å². The second-order valence-corrected chi connectivity index (χ2v) is 13.6. The molecule has 0 aliphatic carbocycles. The van der Waals surface area contributed by atoms with Crippen molar-refractivity contribution in [3.8, 4) is 0 Å². The number of hydrogen-bond donors (Lipinski definition) is 3. The quantitative estimate of drug-likeness (QED) is 0.202. The molecule has 2 heterocycles. The van der Waals surface area contributed by atoms with E-state index in [2.05, 4.69) is 15.6 Å². The van der Waals surface area contributed by atoms with E-state index in [0.29, 0.717) is 33.4 Å². The lowest BCUT2D eigenvalue weighted by Crippen LogP contribution is -2.43. The van der Waals surface area contributed by atoms with Gasteiger partial charge in [0.15, 0.2) is 0 Å². The summed E-state index contributed by atoms with van der Waals surface area (Å²) in [6.45, 7) is 4.44. The molecule has 12 nitrogen and oxygen atoms in total. The van der Waals surface area contributed by atoms with Crippen LogP contribution in [0.1, 0.15) is 54.6 Å². The summed E-state index contributed by atoms with van der Waals surface area (Å²) in [4.78, 5) is 53.9. The molecule has 0 fully saturated rings. The Labute approximate surface area is 278 Å². The maximum Gasteiger partial charge on any atom is 0.328 e. The third-order valence-electron chi connectivity index (χ3n) is 8.55. The number of esters is 2. The van der Waals surface area contributed by atoms with Crippen LogP contribution in [0.15, 0.2) is 77.7 Å². The Bertz CT molecular complexity index is 1970. The average molecular weight is 675 g/mol. The first-order valence-corrected chi connectivity index (χ1v) is 16.8. The van der Waals surface area contributed by atoms with Crippen molar-refractivity contribution in [3.05, 3.63) is 95.2 Å². The summed E-state index contributed by atoms with van der Waals surface area (Å²) >= 11 is 0.